The van der Waals surface area contributed by atoms with Crippen molar-refractivity contribution >= 4 is 0 Å². The van der Waals surface area contributed by atoms with Gasteiger partial charge in [-0.05, 0) is 6.92 Å². The van der Waals surface area contributed by atoms with Crippen molar-refractivity contribution in [2.45, 2.75) is 19.5 Å². The van der Waals surface area contributed by atoms with Crippen LogP contribution < -0.4 is 5.73 Å². The van der Waals surface area contributed by atoms with Crippen LogP contribution >= 0.6 is 0 Å². The number of aliphatic hydroxyl groups excluding tert-OH is 1. The molecule has 1 rings (SSSR count). The van der Waals surface area contributed by atoms with Gasteiger partial charge in [0.15, 0.2) is 5.82 Å². The maximum absolute atomic E-state index is 8.75. The van der Waals surface area contributed by atoms with Gasteiger partial charge in [-0.1, -0.05) is 0 Å². The molecule has 1 unspecified atom stereocenters. The molecule has 1 atom stereocenters. The molecule has 0 radical (unpaired) electrons. The number of hydrogen-bond acceptors (Lipinski definition) is 4. The van der Waals surface area contributed by atoms with Gasteiger partial charge in [-0.2, -0.15) is 5.10 Å². The highest BCUT2D eigenvalue weighted by Gasteiger charge is 2.04. The average molecular weight is 156 g/mol. The SMILES string of the molecule is CC(CO)n1cnc(CN)n1. The molecule has 62 valence electrons. The summed E-state index contributed by atoms with van der Waals surface area (Å²) in [5, 5.41) is 12.8. The Hall–Kier alpha value is -0.940. The predicted octanol–water partition coefficient (Wildman–Crippen LogP) is -0.710. The highest BCUT2D eigenvalue weighted by molar-refractivity contribution is 4.80. The van der Waals surface area contributed by atoms with E-state index in [0.29, 0.717) is 12.4 Å². The first-order valence-corrected chi connectivity index (χ1v) is 3.49. The fourth-order valence-electron chi connectivity index (χ4n) is 0.700. The van der Waals surface area contributed by atoms with E-state index in [9.17, 15) is 0 Å². The minimum Gasteiger partial charge on any atom is -0.394 e. The minimum absolute atomic E-state index is 0.0252. The highest BCUT2D eigenvalue weighted by Crippen LogP contribution is 2.00. The zero-order chi connectivity index (χ0) is 8.27. The average Bonchev–Trinajstić information content (AvgIpc) is 2.50. The van der Waals surface area contributed by atoms with Gasteiger partial charge in [-0.15, -0.1) is 0 Å². The Morgan fingerprint density at radius 2 is 2.55 bits per heavy atom. The number of hydrogen-bond donors (Lipinski definition) is 2. The van der Waals surface area contributed by atoms with Gasteiger partial charge >= 0.3 is 0 Å². The summed E-state index contributed by atoms with van der Waals surface area (Å²) in [6.45, 7) is 2.26. The molecule has 1 aromatic heterocycles. The van der Waals surface area contributed by atoms with E-state index in [1.54, 1.807) is 11.0 Å². The third-order valence-electron chi connectivity index (χ3n) is 1.45. The van der Waals surface area contributed by atoms with Gasteiger partial charge in [0, 0.05) is 0 Å². The smallest absolute Gasteiger partial charge is 0.164 e. The second-order valence-corrected chi connectivity index (χ2v) is 2.38. The quantitative estimate of drug-likeness (QED) is 0.606. The Kier molecular flexibility index (Phi) is 2.56. The summed E-state index contributed by atoms with van der Waals surface area (Å²) in [6, 6.07) is -0.0252. The van der Waals surface area contributed by atoms with E-state index >= 15 is 0 Å². The molecule has 0 saturated carbocycles. The molecule has 5 heteroatoms. The Labute approximate surface area is 64.9 Å². The van der Waals surface area contributed by atoms with Crippen molar-refractivity contribution in [3.8, 4) is 0 Å². The number of aromatic nitrogens is 3. The van der Waals surface area contributed by atoms with Gasteiger partial charge in [-0.25, -0.2) is 9.67 Å². The Morgan fingerprint density at radius 3 is 3.00 bits per heavy atom. The van der Waals surface area contributed by atoms with E-state index in [-0.39, 0.29) is 12.6 Å². The third-order valence-corrected chi connectivity index (χ3v) is 1.45. The molecule has 0 aliphatic carbocycles. The van der Waals surface area contributed by atoms with Gasteiger partial charge in [-0.3, -0.25) is 0 Å². The predicted molar refractivity (Wildman–Crippen MR) is 39.7 cm³/mol. The van der Waals surface area contributed by atoms with E-state index < -0.39 is 0 Å². The summed E-state index contributed by atoms with van der Waals surface area (Å²) < 4.78 is 1.60. The van der Waals surface area contributed by atoms with E-state index in [0.717, 1.165) is 0 Å². The second kappa shape index (κ2) is 3.45. The van der Waals surface area contributed by atoms with Crippen LogP contribution in [0.5, 0.6) is 0 Å². The zero-order valence-corrected chi connectivity index (χ0v) is 6.44. The van der Waals surface area contributed by atoms with E-state index in [1.165, 1.54) is 0 Å². The monoisotopic (exact) mass is 156 g/mol. The van der Waals surface area contributed by atoms with Crippen LogP contribution in [0.2, 0.25) is 0 Å². The van der Waals surface area contributed by atoms with Crippen LogP contribution in [0.25, 0.3) is 0 Å². The van der Waals surface area contributed by atoms with Crippen molar-refractivity contribution in [3.63, 3.8) is 0 Å². The van der Waals surface area contributed by atoms with Crippen molar-refractivity contribution in [1.29, 1.82) is 0 Å². The molecule has 11 heavy (non-hydrogen) atoms. The summed E-state index contributed by atoms with van der Waals surface area (Å²) >= 11 is 0. The maximum atomic E-state index is 8.75. The molecule has 0 saturated heterocycles. The van der Waals surface area contributed by atoms with E-state index in [1.807, 2.05) is 6.92 Å². The summed E-state index contributed by atoms with van der Waals surface area (Å²) in [6.07, 6.45) is 1.57. The number of rotatable bonds is 3. The largest absolute Gasteiger partial charge is 0.394 e. The number of nitrogens with zero attached hydrogens (tertiary/aromatic N) is 3. The molecule has 0 bridgehead atoms. The molecular weight excluding hydrogens is 144 g/mol. The first-order valence-electron chi connectivity index (χ1n) is 3.49. The minimum atomic E-state index is -0.0252. The molecule has 1 aromatic rings. The maximum Gasteiger partial charge on any atom is 0.164 e. The zero-order valence-electron chi connectivity index (χ0n) is 6.44. The normalized spacial score (nSPS) is 13.4. The van der Waals surface area contributed by atoms with Crippen molar-refractivity contribution in [2.75, 3.05) is 6.61 Å². The fourth-order valence-corrected chi connectivity index (χ4v) is 0.700. The summed E-state index contributed by atoms with van der Waals surface area (Å²) in [7, 11) is 0. The summed E-state index contributed by atoms with van der Waals surface area (Å²) in [5.41, 5.74) is 5.30. The Bertz CT molecular complexity index is 222. The van der Waals surface area contributed by atoms with Crippen LogP contribution in [-0.2, 0) is 6.54 Å². The van der Waals surface area contributed by atoms with Crippen LogP contribution in [0.15, 0.2) is 6.33 Å². The number of aliphatic hydroxyl groups is 1. The van der Waals surface area contributed by atoms with Crippen molar-refractivity contribution in [3.05, 3.63) is 12.2 Å². The second-order valence-electron chi connectivity index (χ2n) is 2.38. The molecule has 5 nitrogen and oxygen atoms in total. The molecule has 0 amide bonds. The lowest BCUT2D eigenvalue weighted by molar-refractivity contribution is 0.229. The van der Waals surface area contributed by atoms with Gasteiger partial charge in [0.05, 0.1) is 19.2 Å². The molecular formula is C6H12N4O. The van der Waals surface area contributed by atoms with Crippen LogP contribution in [0.1, 0.15) is 18.8 Å². The topological polar surface area (TPSA) is 77.0 Å². The van der Waals surface area contributed by atoms with Crippen LogP contribution in [0.4, 0.5) is 0 Å². The molecule has 0 fully saturated rings. The molecule has 0 spiro atoms. The standard InChI is InChI=1S/C6H12N4O/c1-5(3-11)10-4-8-6(2-7)9-10/h4-5,11H,2-3,7H2,1H3. The van der Waals surface area contributed by atoms with Crippen LogP contribution in [0, 0.1) is 0 Å². The van der Waals surface area contributed by atoms with Gasteiger partial charge in [0.1, 0.15) is 6.33 Å². The third kappa shape index (κ3) is 1.75. The molecule has 0 aliphatic heterocycles. The van der Waals surface area contributed by atoms with Crippen molar-refractivity contribution < 1.29 is 5.11 Å². The van der Waals surface area contributed by atoms with E-state index in [2.05, 4.69) is 10.1 Å². The first-order chi connectivity index (χ1) is 5.27. The van der Waals surface area contributed by atoms with E-state index in [4.69, 9.17) is 10.8 Å². The lowest BCUT2D eigenvalue weighted by atomic mass is 10.4. The first kappa shape index (κ1) is 8.16. The lowest BCUT2D eigenvalue weighted by Crippen LogP contribution is -2.10. The van der Waals surface area contributed by atoms with Crippen molar-refractivity contribution in [1.82, 2.24) is 14.8 Å². The summed E-state index contributed by atoms with van der Waals surface area (Å²) in [5.74, 6) is 0.602. The van der Waals surface area contributed by atoms with Gasteiger partial charge in [0.25, 0.3) is 0 Å². The van der Waals surface area contributed by atoms with Crippen molar-refractivity contribution in [2.24, 2.45) is 5.73 Å². The fraction of sp³-hybridized carbons (Fsp3) is 0.667. The summed E-state index contributed by atoms with van der Waals surface area (Å²) in [4.78, 5) is 3.92. The molecule has 3 N–H and O–H groups in total. The Balaban J connectivity index is 2.71. The van der Waals surface area contributed by atoms with Gasteiger partial charge < -0.3 is 10.8 Å². The molecule has 0 aliphatic rings. The molecule has 0 aromatic carbocycles. The highest BCUT2D eigenvalue weighted by atomic mass is 16.3. The molecule has 1 heterocycles. The van der Waals surface area contributed by atoms with Crippen LogP contribution in [0.3, 0.4) is 0 Å². The van der Waals surface area contributed by atoms with Crippen LogP contribution in [-0.4, -0.2) is 26.5 Å². The Morgan fingerprint density at radius 1 is 1.82 bits per heavy atom. The lowest BCUT2D eigenvalue weighted by Gasteiger charge is -2.05. The van der Waals surface area contributed by atoms with Gasteiger partial charge in [0.2, 0.25) is 0 Å². The number of nitrogens with two attached hydrogens (primary N) is 1.